The lowest BCUT2D eigenvalue weighted by Gasteiger charge is -2.30. The fourth-order valence-corrected chi connectivity index (χ4v) is 4.97. The van der Waals surface area contributed by atoms with Gasteiger partial charge in [-0.2, -0.15) is 0 Å². The molecule has 0 unspecified atom stereocenters. The van der Waals surface area contributed by atoms with Crippen molar-refractivity contribution in [3.05, 3.63) is 70.9 Å². The van der Waals surface area contributed by atoms with Gasteiger partial charge in [0, 0.05) is 29.2 Å². The number of fused-ring (bicyclic) bond motifs is 2. The van der Waals surface area contributed by atoms with Crippen LogP contribution in [0.2, 0.25) is 0 Å². The van der Waals surface area contributed by atoms with Crippen molar-refractivity contribution < 1.29 is 9.59 Å². The highest BCUT2D eigenvalue weighted by Crippen LogP contribution is 2.35. The second-order valence-corrected chi connectivity index (χ2v) is 8.56. The van der Waals surface area contributed by atoms with Gasteiger partial charge in [0.25, 0.3) is 11.8 Å². The van der Waals surface area contributed by atoms with E-state index in [9.17, 15) is 9.59 Å². The number of pyridine rings is 1. The molecule has 3 aromatic rings. The molecular formula is C26H27N3O2. The van der Waals surface area contributed by atoms with Crippen LogP contribution in [-0.4, -0.2) is 27.7 Å². The maximum Gasteiger partial charge on any atom is 0.273 e. The van der Waals surface area contributed by atoms with Crippen LogP contribution in [0.15, 0.2) is 48.5 Å². The van der Waals surface area contributed by atoms with Crippen LogP contribution in [0, 0.1) is 0 Å². The standard InChI is InChI=1S/C26H27N3O2/c1-2-17-9-8-10-18(15-17)27-25(30)23-20-13-6-7-14-22(20)28-24-21(23)16-29(26(24)31)19-11-4-3-5-12-19/h6-10,13-15,19H,2-5,11-12,16H2,1H3,(H,27,30). The minimum atomic E-state index is -0.179. The molecule has 5 heteroatoms. The Morgan fingerprint density at radius 3 is 2.71 bits per heavy atom. The van der Waals surface area contributed by atoms with E-state index in [2.05, 4.69) is 23.3 Å². The van der Waals surface area contributed by atoms with E-state index >= 15 is 0 Å². The Balaban J connectivity index is 1.56. The molecule has 0 spiro atoms. The molecule has 31 heavy (non-hydrogen) atoms. The third-order valence-electron chi connectivity index (χ3n) is 6.62. The summed E-state index contributed by atoms with van der Waals surface area (Å²) in [5.74, 6) is -0.212. The average Bonchev–Trinajstić information content (AvgIpc) is 3.14. The zero-order valence-electron chi connectivity index (χ0n) is 17.9. The maximum atomic E-state index is 13.5. The van der Waals surface area contributed by atoms with E-state index in [-0.39, 0.29) is 17.9 Å². The molecule has 1 saturated carbocycles. The van der Waals surface area contributed by atoms with Crippen molar-refractivity contribution in [2.24, 2.45) is 0 Å². The number of rotatable bonds is 4. The van der Waals surface area contributed by atoms with E-state index in [1.54, 1.807) is 0 Å². The third kappa shape index (κ3) is 3.58. The summed E-state index contributed by atoms with van der Waals surface area (Å²) in [6.07, 6.45) is 6.51. The van der Waals surface area contributed by atoms with Crippen LogP contribution >= 0.6 is 0 Å². The summed E-state index contributed by atoms with van der Waals surface area (Å²) in [6.45, 7) is 2.56. The fraction of sp³-hybridized carbons (Fsp3) is 0.346. The molecule has 0 atom stereocenters. The predicted octanol–water partition coefficient (Wildman–Crippen LogP) is 5.34. The van der Waals surface area contributed by atoms with Crippen molar-refractivity contribution in [1.29, 1.82) is 0 Å². The predicted molar refractivity (Wildman–Crippen MR) is 122 cm³/mol. The Morgan fingerprint density at radius 1 is 1.10 bits per heavy atom. The minimum absolute atomic E-state index is 0.0327. The summed E-state index contributed by atoms with van der Waals surface area (Å²) in [5.41, 5.74) is 4.41. The number of amides is 2. The topological polar surface area (TPSA) is 62.3 Å². The molecule has 1 N–H and O–H groups in total. The highest BCUT2D eigenvalue weighted by molar-refractivity contribution is 6.16. The number of carbonyl (C=O) groups excluding carboxylic acids is 2. The van der Waals surface area contributed by atoms with Gasteiger partial charge in [-0.25, -0.2) is 4.98 Å². The number of aryl methyl sites for hydroxylation is 1. The SMILES string of the molecule is CCc1cccc(NC(=O)c2c3c(nc4ccccc24)C(=O)N(C2CCCCC2)C3)c1. The van der Waals surface area contributed by atoms with Crippen LogP contribution in [0.5, 0.6) is 0 Å². The molecule has 2 amide bonds. The number of aromatic nitrogens is 1. The quantitative estimate of drug-likeness (QED) is 0.628. The summed E-state index contributed by atoms with van der Waals surface area (Å²) < 4.78 is 0. The monoisotopic (exact) mass is 413 g/mol. The van der Waals surface area contributed by atoms with E-state index in [0.29, 0.717) is 23.3 Å². The molecule has 1 aliphatic carbocycles. The number of carbonyl (C=O) groups is 2. The van der Waals surface area contributed by atoms with Crippen LogP contribution in [0.1, 0.15) is 71.0 Å². The largest absolute Gasteiger partial charge is 0.330 e. The Hall–Kier alpha value is -3.21. The summed E-state index contributed by atoms with van der Waals surface area (Å²) in [7, 11) is 0. The molecule has 2 aromatic carbocycles. The molecule has 2 heterocycles. The van der Waals surface area contributed by atoms with E-state index in [4.69, 9.17) is 0 Å². The third-order valence-corrected chi connectivity index (χ3v) is 6.62. The number of nitrogens with zero attached hydrogens (tertiary/aromatic N) is 2. The second-order valence-electron chi connectivity index (χ2n) is 8.56. The highest BCUT2D eigenvalue weighted by Gasteiger charge is 2.38. The van der Waals surface area contributed by atoms with Gasteiger partial charge in [0.1, 0.15) is 5.69 Å². The molecule has 1 aliphatic heterocycles. The number of para-hydroxylation sites is 1. The number of benzene rings is 2. The van der Waals surface area contributed by atoms with Crippen molar-refractivity contribution in [2.75, 3.05) is 5.32 Å². The molecule has 1 fully saturated rings. The number of hydrogen-bond donors (Lipinski definition) is 1. The Bertz CT molecular complexity index is 1160. The Labute approximate surface area is 182 Å². The lowest BCUT2D eigenvalue weighted by Crippen LogP contribution is -2.37. The Kier molecular flexibility index (Phi) is 5.18. The molecule has 1 aromatic heterocycles. The number of anilines is 1. The highest BCUT2D eigenvalue weighted by atomic mass is 16.2. The van der Waals surface area contributed by atoms with Crippen molar-refractivity contribution in [3.63, 3.8) is 0 Å². The van der Waals surface area contributed by atoms with Gasteiger partial charge in [0.05, 0.1) is 11.1 Å². The molecule has 2 aliphatic rings. The second kappa shape index (κ2) is 8.14. The first kappa shape index (κ1) is 19.7. The summed E-state index contributed by atoms with van der Waals surface area (Å²) >= 11 is 0. The summed E-state index contributed by atoms with van der Waals surface area (Å²) in [5, 5.41) is 3.86. The molecular weight excluding hydrogens is 386 g/mol. The molecule has 5 nitrogen and oxygen atoms in total. The molecule has 158 valence electrons. The zero-order valence-corrected chi connectivity index (χ0v) is 17.9. The van der Waals surface area contributed by atoms with Gasteiger partial charge in [-0.3, -0.25) is 9.59 Å². The van der Waals surface area contributed by atoms with Gasteiger partial charge in [0.2, 0.25) is 0 Å². The van der Waals surface area contributed by atoms with Crippen molar-refractivity contribution >= 4 is 28.4 Å². The van der Waals surface area contributed by atoms with Crippen LogP contribution < -0.4 is 5.32 Å². The normalized spacial score (nSPS) is 16.5. The number of hydrogen-bond acceptors (Lipinski definition) is 3. The molecule has 0 radical (unpaired) electrons. The van der Waals surface area contributed by atoms with Crippen molar-refractivity contribution in [1.82, 2.24) is 9.88 Å². The average molecular weight is 414 g/mol. The Morgan fingerprint density at radius 2 is 1.90 bits per heavy atom. The van der Waals surface area contributed by atoms with Crippen molar-refractivity contribution in [3.8, 4) is 0 Å². The lowest BCUT2D eigenvalue weighted by atomic mass is 9.94. The van der Waals surface area contributed by atoms with Gasteiger partial charge < -0.3 is 10.2 Å². The first-order valence-electron chi connectivity index (χ1n) is 11.3. The molecule has 0 saturated heterocycles. The first-order valence-corrected chi connectivity index (χ1v) is 11.3. The van der Waals surface area contributed by atoms with Gasteiger partial charge in [-0.15, -0.1) is 0 Å². The van der Waals surface area contributed by atoms with Gasteiger partial charge in [-0.1, -0.05) is 56.5 Å². The first-order chi connectivity index (χ1) is 15.2. The fourth-order valence-electron chi connectivity index (χ4n) is 4.97. The van der Waals surface area contributed by atoms with Crippen LogP contribution in [0.25, 0.3) is 10.9 Å². The molecule has 0 bridgehead atoms. The van der Waals surface area contributed by atoms with E-state index in [1.165, 1.54) is 12.0 Å². The smallest absolute Gasteiger partial charge is 0.273 e. The lowest BCUT2D eigenvalue weighted by molar-refractivity contribution is 0.0655. The van der Waals surface area contributed by atoms with Gasteiger partial charge in [0.15, 0.2) is 0 Å². The molecule has 5 rings (SSSR count). The van der Waals surface area contributed by atoms with Gasteiger partial charge >= 0.3 is 0 Å². The summed E-state index contributed by atoms with van der Waals surface area (Å²) in [4.78, 5) is 33.4. The van der Waals surface area contributed by atoms with Crippen LogP contribution in [-0.2, 0) is 13.0 Å². The maximum absolute atomic E-state index is 13.5. The van der Waals surface area contributed by atoms with Crippen molar-refractivity contribution in [2.45, 2.75) is 58.0 Å². The summed E-state index contributed by atoms with van der Waals surface area (Å²) in [6, 6.07) is 15.8. The van der Waals surface area contributed by atoms with Crippen LogP contribution in [0.4, 0.5) is 5.69 Å². The van der Waals surface area contributed by atoms with E-state index in [1.807, 2.05) is 47.4 Å². The van der Waals surface area contributed by atoms with E-state index in [0.717, 1.165) is 48.7 Å². The van der Waals surface area contributed by atoms with Crippen LogP contribution in [0.3, 0.4) is 0 Å². The number of nitrogens with one attached hydrogen (secondary N) is 1. The minimum Gasteiger partial charge on any atom is -0.330 e. The zero-order chi connectivity index (χ0) is 21.4. The van der Waals surface area contributed by atoms with E-state index < -0.39 is 0 Å². The van der Waals surface area contributed by atoms with Gasteiger partial charge in [-0.05, 0) is 43.0 Å².